The summed E-state index contributed by atoms with van der Waals surface area (Å²) < 4.78 is 40.4. The predicted molar refractivity (Wildman–Crippen MR) is 64.6 cm³/mol. The van der Waals surface area contributed by atoms with Crippen molar-refractivity contribution in [3.8, 4) is 5.75 Å². The Balaban J connectivity index is 3.02. The van der Waals surface area contributed by atoms with Gasteiger partial charge in [0.25, 0.3) is 0 Å². The number of aryl methyl sites for hydroxylation is 1. The maximum absolute atomic E-state index is 12.1. The molecule has 0 heterocycles. The molecule has 0 radical (unpaired) electrons. The summed E-state index contributed by atoms with van der Waals surface area (Å²) >= 11 is 0. The van der Waals surface area contributed by atoms with Crippen molar-refractivity contribution in [1.29, 1.82) is 0 Å². The molecule has 5 heteroatoms. The number of rotatable bonds is 5. The molecule has 102 valence electrons. The molecule has 0 aliphatic carbocycles. The molecule has 1 N–H and O–H groups in total. The number of ether oxygens (including phenoxy) is 1. The van der Waals surface area contributed by atoms with Crippen LogP contribution in [0.2, 0.25) is 0 Å². The molecule has 0 aliphatic heterocycles. The number of nitrogens with one attached hydrogen (secondary N) is 1. The van der Waals surface area contributed by atoms with Gasteiger partial charge in [-0.05, 0) is 43.7 Å². The smallest absolute Gasteiger partial charge is 0.406 e. The molecule has 18 heavy (non-hydrogen) atoms. The van der Waals surface area contributed by atoms with Gasteiger partial charge in [0.2, 0.25) is 0 Å². The topological polar surface area (TPSA) is 21.3 Å². The molecule has 1 atom stereocenters. The highest BCUT2D eigenvalue weighted by Crippen LogP contribution is 2.28. The van der Waals surface area contributed by atoms with Crippen molar-refractivity contribution in [2.24, 2.45) is 0 Å². The number of halogens is 3. The Hall–Kier alpha value is -1.23. The van der Waals surface area contributed by atoms with Gasteiger partial charge in [0.1, 0.15) is 5.75 Å². The standard InChI is InChI=1S/C13H18F3NO/c1-4-5-10-8-11(18-13(14,15)16)6-7-12(10)9(2)17-3/h6-9,17H,4-5H2,1-3H3. The van der Waals surface area contributed by atoms with Gasteiger partial charge in [0.15, 0.2) is 0 Å². The van der Waals surface area contributed by atoms with Crippen LogP contribution in [0.5, 0.6) is 5.75 Å². The number of benzene rings is 1. The molecule has 0 saturated carbocycles. The van der Waals surface area contributed by atoms with Gasteiger partial charge in [-0.25, -0.2) is 0 Å². The maximum atomic E-state index is 12.1. The fourth-order valence-corrected chi connectivity index (χ4v) is 1.84. The van der Waals surface area contributed by atoms with E-state index in [0.717, 1.165) is 24.0 Å². The van der Waals surface area contributed by atoms with Crippen LogP contribution in [-0.4, -0.2) is 13.4 Å². The van der Waals surface area contributed by atoms with E-state index in [1.165, 1.54) is 12.1 Å². The SMILES string of the molecule is CCCc1cc(OC(F)(F)F)ccc1C(C)NC. The number of hydrogen-bond acceptors (Lipinski definition) is 2. The van der Waals surface area contributed by atoms with E-state index in [1.807, 2.05) is 20.9 Å². The lowest BCUT2D eigenvalue weighted by Crippen LogP contribution is -2.18. The molecule has 1 aromatic rings. The molecule has 1 rings (SSSR count). The van der Waals surface area contributed by atoms with Crippen LogP contribution in [0.25, 0.3) is 0 Å². The van der Waals surface area contributed by atoms with Gasteiger partial charge in [-0.15, -0.1) is 13.2 Å². The highest BCUT2D eigenvalue weighted by molar-refractivity contribution is 5.37. The molecule has 1 aromatic carbocycles. The minimum absolute atomic E-state index is 0.103. The van der Waals surface area contributed by atoms with Crippen LogP contribution >= 0.6 is 0 Å². The third-order valence-electron chi connectivity index (χ3n) is 2.77. The maximum Gasteiger partial charge on any atom is 0.573 e. The Labute approximate surface area is 105 Å². The summed E-state index contributed by atoms with van der Waals surface area (Å²) in [5.41, 5.74) is 1.90. The molecule has 0 spiro atoms. The van der Waals surface area contributed by atoms with Crippen LogP contribution in [0, 0.1) is 0 Å². The van der Waals surface area contributed by atoms with E-state index in [2.05, 4.69) is 10.1 Å². The van der Waals surface area contributed by atoms with Crippen LogP contribution in [0.3, 0.4) is 0 Å². The third-order valence-corrected chi connectivity index (χ3v) is 2.77. The van der Waals surface area contributed by atoms with Gasteiger partial charge >= 0.3 is 6.36 Å². The zero-order valence-electron chi connectivity index (χ0n) is 10.8. The van der Waals surface area contributed by atoms with Crippen molar-refractivity contribution in [2.75, 3.05) is 7.05 Å². The summed E-state index contributed by atoms with van der Waals surface area (Å²) in [6, 6.07) is 4.62. The molecule has 0 saturated heterocycles. The van der Waals surface area contributed by atoms with E-state index in [-0.39, 0.29) is 11.8 Å². The van der Waals surface area contributed by atoms with E-state index in [9.17, 15) is 13.2 Å². The average Bonchev–Trinajstić information content (AvgIpc) is 2.27. The summed E-state index contributed by atoms with van der Waals surface area (Å²) in [4.78, 5) is 0. The number of hydrogen-bond donors (Lipinski definition) is 1. The first-order valence-corrected chi connectivity index (χ1v) is 5.93. The van der Waals surface area contributed by atoms with E-state index in [1.54, 1.807) is 6.07 Å². The summed E-state index contributed by atoms with van der Waals surface area (Å²) in [6.45, 7) is 3.96. The quantitative estimate of drug-likeness (QED) is 0.870. The van der Waals surface area contributed by atoms with Crippen LogP contribution in [0.4, 0.5) is 13.2 Å². The predicted octanol–water partition coefficient (Wildman–Crippen LogP) is 3.82. The highest BCUT2D eigenvalue weighted by atomic mass is 19.4. The Bertz CT molecular complexity index is 390. The van der Waals surface area contributed by atoms with Crippen molar-refractivity contribution in [3.05, 3.63) is 29.3 Å². The Morgan fingerprint density at radius 2 is 2.00 bits per heavy atom. The fraction of sp³-hybridized carbons (Fsp3) is 0.538. The fourth-order valence-electron chi connectivity index (χ4n) is 1.84. The second-order valence-corrected chi connectivity index (χ2v) is 4.17. The van der Waals surface area contributed by atoms with Crippen molar-refractivity contribution in [1.82, 2.24) is 5.32 Å². The summed E-state index contributed by atoms with van der Waals surface area (Å²) in [6.07, 6.45) is -3.03. The molecule has 0 aliphatic rings. The van der Waals surface area contributed by atoms with Crippen LogP contribution < -0.4 is 10.1 Å². The Morgan fingerprint density at radius 1 is 1.33 bits per heavy atom. The zero-order chi connectivity index (χ0) is 13.8. The van der Waals surface area contributed by atoms with Gasteiger partial charge in [-0.1, -0.05) is 19.4 Å². The lowest BCUT2D eigenvalue weighted by molar-refractivity contribution is -0.274. The summed E-state index contributed by atoms with van der Waals surface area (Å²) in [7, 11) is 1.82. The lowest BCUT2D eigenvalue weighted by Gasteiger charge is -2.17. The number of alkyl halides is 3. The van der Waals surface area contributed by atoms with Crippen LogP contribution in [0.15, 0.2) is 18.2 Å². The van der Waals surface area contributed by atoms with Crippen LogP contribution in [0.1, 0.15) is 37.4 Å². The van der Waals surface area contributed by atoms with Gasteiger partial charge in [-0.2, -0.15) is 0 Å². The monoisotopic (exact) mass is 261 g/mol. The summed E-state index contributed by atoms with van der Waals surface area (Å²) in [5.74, 6) is -0.155. The minimum atomic E-state index is -4.64. The molecule has 1 unspecified atom stereocenters. The van der Waals surface area contributed by atoms with E-state index in [4.69, 9.17) is 0 Å². The van der Waals surface area contributed by atoms with Crippen molar-refractivity contribution in [3.63, 3.8) is 0 Å². The normalized spacial score (nSPS) is 13.4. The highest BCUT2D eigenvalue weighted by Gasteiger charge is 2.31. The molecule has 2 nitrogen and oxygen atoms in total. The Kier molecular flexibility index (Phi) is 5.02. The molecule has 0 fully saturated rings. The first-order chi connectivity index (χ1) is 8.37. The summed E-state index contributed by atoms with van der Waals surface area (Å²) in [5, 5.41) is 3.08. The van der Waals surface area contributed by atoms with Crippen molar-refractivity contribution < 1.29 is 17.9 Å². The van der Waals surface area contributed by atoms with E-state index < -0.39 is 6.36 Å². The molecule has 0 aromatic heterocycles. The van der Waals surface area contributed by atoms with E-state index >= 15 is 0 Å². The minimum Gasteiger partial charge on any atom is -0.406 e. The van der Waals surface area contributed by atoms with Gasteiger partial charge < -0.3 is 10.1 Å². The van der Waals surface area contributed by atoms with Crippen molar-refractivity contribution in [2.45, 2.75) is 39.1 Å². The molecular weight excluding hydrogens is 243 g/mol. The molecule has 0 bridgehead atoms. The second kappa shape index (κ2) is 6.09. The second-order valence-electron chi connectivity index (χ2n) is 4.17. The first kappa shape index (κ1) is 14.8. The molecular formula is C13H18F3NO. The largest absolute Gasteiger partial charge is 0.573 e. The lowest BCUT2D eigenvalue weighted by atomic mass is 9.98. The van der Waals surface area contributed by atoms with E-state index in [0.29, 0.717) is 0 Å². The average molecular weight is 261 g/mol. The van der Waals surface area contributed by atoms with Gasteiger partial charge in [0.05, 0.1) is 0 Å². The zero-order valence-corrected chi connectivity index (χ0v) is 10.8. The van der Waals surface area contributed by atoms with Crippen LogP contribution in [-0.2, 0) is 6.42 Å². The van der Waals surface area contributed by atoms with Gasteiger partial charge in [-0.3, -0.25) is 0 Å². The third kappa shape index (κ3) is 4.22. The van der Waals surface area contributed by atoms with Crippen molar-refractivity contribution >= 4 is 0 Å². The Morgan fingerprint density at radius 3 is 2.50 bits per heavy atom. The van der Waals surface area contributed by atoms with Gasteiger partial charge in [0, 0.05) is 6.04 Å². The first-order valence-electron chi connectivity index (χ1n) is 5.93. The molecule has 0 amide bonds.